The fourth-order valence-corrected chi connectivity index (χ4v) is 8.99. The number of anilines is 1. The van der Waals surface area contributed by atoms with Gasteiger partial charge in [0.1, 0.15) is 23.0 Å². The molecule has 3 N–H and O–H groups in total. The summed E-state index contributed by atoms with van der Waals surface area (Å²) in [6, 6.07) is 40.5. The molecule has 0 aliphatic carbocycles. The highest BCUT2D eigenvalue weighted by Gasteiger charge is 2.21. The molecule has 2 aliphatic rings. The van der Waals surface area contributed by atoms with Crippen molar-refractivity contribution in [1.29, 1.82) is 0 Å². The van der Waals surface area contributed by atoms with Crippen LogP contribution in [0.2, 0.25) is 0 Å². The summed E-state index contributed by atoms with van der Waals surface area (Å²) in [7, 11) is -3.56. The van der Waals surface area contributed by atoms with Crippen molar-refractivity contribution in [2.45, 2.75) is 56.8 Å². The van der Waals surface area contributed by atoms with Crippen LogP contribution in [-0.2, 0) is 19.3 Å². The van der Waals surface area contributed by atoms with Gasteiger partial charge in [0, 0.05) is 67.9 Å². The maximum absolute atomic E-state index is 12.0. The third kappa shape index (κ3) is 10.2. The van der Waals surface area contributed by atoms with Crippen LogP contribution in [0.3, 0.4) is 0 Å². The Hall–Kier alpha value is -7.57. The number of nitrogens with two attached hydrogens (primary N) is 1. The van der Waals surface area contributed by atoms with Crippen LogP contribution < -0.4 is 11.1 Å². The highest BCUT2D eigenvalue weighted by Crippen LogP contribution is 2.31. The minimum Gasteiger partial charge on any atom is -0.381 e. The molecule has 70 heavy (non-hydrogen) atoms. The maximum atomic E-state index is 12.0. The molecule has 2 fully saturated rings. The highest BCUT2D eigenvalue weighted by atomic mass is 32.2. The van der Waals surface area contributed by atoms with E-state index < -0.39 is 9.84 Å². The number of rotatable bonds is 7. The molecule has 4 aromatic carbocycles. The second-order valence-electron chi connectivity index (χ2n) is 17.5. The summed E-state index contributed by atoms with van der Waals surface area (Å²) in [5, 5.41) is 5.38. The molecule has 0 spiro atoms. The topological polar surface area (TPSA) is 204 Å². The molecule has 2 aliphatic heterocycles. The Bertz CT molecular complexity index is 3600. The number of aryl methyl sites for hydroxylation is 2. The molecule has 17 heteroatoms. The van der Waals surface area contributed by atoms with Crippen molar-refractivity contribution in [3.8, 4) is 34.7 Å². The number of benzene rings is 4. The predicted molar refractivity (Wildman–Crippen MR) is 273 cm³/mol. The molecule has 0 atom stereocenters. The van der Waals surface area contributed by atoms with Crippen LogP contribution in [0.4, 0.5) is 5.95 Å². The largest absolute Gasteiger partial charge is 0.381 e. The zero-order chi connectivity index (χ0) is 48.2. The number of sulfone groups is 1. The summed E-state index contributed by atoms with van der Waals surface area (Å²) in [4.78, 5) is 37.0. The lowest BCUT2D eigenvalue weighted by atomic mass is 10.1. The fourth-order valence-electron chi connectivity index (χ4n) is 8.48. The summed E-state index contributed by atoms with van der Waals surface area (Å²) in [6.07, 6.45) is 8.31. The van der Waals surface area contributed by atoms with Crippen molar-refractivity contribution in [1.82, 2.24) is 49.0 Å². The normalized spacial score (nSPS) is 14.6. The Balaban J connectivity index is 0.000000143. The smallest absolute Gasteiger partial charge is 0.248 e. The average molecular weight is 953 g/mol. The summed E-state index contributed by atoms with van der Waals surface area (Å²) in [5.74, 6) is 3.14. The van der Waals surface area contributed by atoms with Crippen LogP contribution in [0.5, 0.6) is 0 Å². The van der Waals surface area contributed by atoms with E-state index in [1.54, 1.807) is 12.3 Å². The zero-order valence-electron chi connectivity index (χ0n) is 39.1. The van der Waals surface area contributed by atoms with Crippen molar-refractivity contribution < 1.29 is 17.9 Å². The number of ether oxygens (including phenoxy) is 2. The van der Waals surface area contributed by atoms with Gasteiger partial charge in [-0.15, -0.1) is 0 Å². The van der Waals surface area contributed by atoms with Gasteiger partial charge in [0.2, 0.25) is 20.9 Å². The van der Waals surface area contributed by atoms with Gasteiger partial charge in [0.05, 0.1) is 33.1 Å². The Kier molecular flexibility index (Phi) is 13.3. The predicted octanol–water partition coefficient (Wildman–Crippen LogP) is 8.80. The molecule has 0 amide bonds. The number of nitrogens with zero attached hydrogens (tertiary/aromatic N) is 10. The Morgan fingerprint density at radius 3 is 1.57 bits per heavy atom. The summed E-state index contributed by atoms with van der Waals surface area (Å²) >= 11 is 0. The summed E-state index contributed by atoms with van der Waals surface area (Å²) < 4.78 is 38.5. The quantitative estimate of drug-likeness (QED) is 0.143. The lowest BCUT2D eigenvalue weighted by molar-refractivity contribution is 0.0866. The second kappa shape index (κ2) is 20.2. The van der Waals surface area contributed by atoms with Crippen molar-refractivity contribution in [3.05, 3.63) is 145 Å². The average Bonchev–Trinajstić information content (AvgIpc) is 3.95. The van der Waals surface area contributed by atoms with Gasteiger partial charge >= 0.3 is 0 Å². The first-order valence-corrected chi connectivity index (χ1v) is 25.2. The molecule has 6 aromatic heterocycles. The summed E-state index contributed by atoms with van der Waals surface area (Å²) in [5.41, 5.74) is 14.5. The van der Waals surface area contributed by atoms with Gasteiger partial charge in [-0.1, -0.05) is 60.7 Å². The number of imidazole rings is 2. The maximum Gasteiger partial charge on any atom is 0.248 e. The molecule has 12 rings (SSSR count). The van der Waals surface area contributed by atoms with Gasteiger partial charge in [-0.2, -0.15) is 4.98 Å². The molecule has 0 radical (unpaired) electrons. The van der Waals surface area contributed by atoms with Crippen LogP contribution >= 0.6 is 0 Å². The third-order valence-corrected chi connectivity index (χ3v) is 13.0. The van der Waals surface area contributed by atoms with Crippen LogP contribution in [0.25, 0.3) is 78.5 Å². The SMILES string of the molecule is Cc1ccc2nc(-c3ccc4ccccc4n3)n(-c3ccnc(NC4CCOCC4)n3)c2c1.Cc1ccc2nc(-c3ccc4ccccc4n3)n(-c3ccnc(S(C)(=O)=O)n3)c2c1.NC1CCOCC1. The molecule has 2 saturated heterocycles. The van der Waals surface area contributed by atoms with Crippen LogP contribution in [0, 0.1) is 13.8 Å². The molecule has 8 heterocycles. The van der Waals surface area contributed by atoms with E-state index in [2.05, 4.69) is 56.0 Å². The Morgan fingerprint density at radius 2 is 1.06 bits per heavy atom. The number of fused-ring (bicyclic) bond motifs is 4. The monoisotopic (exact) mass is 952 g/mol. The molecule has 0 saturated carbocycles. The first-order valence-electron chi connectivity index (χ1n) is 23.3. The number of nitrogens with one attached hydrogen (secondary N) is 1. The van der Waals surface area contributed by atoms with Crippen LogP contribution in [0.15, 0.2) is 139 Å². The molecular formula is C53H52N12O4S. The van der Waals surface area contributed by atoms with E-state index in [4.69, 9.17) is 40.1 Å². The number of para-hydroxylation sites is 2. The van der Waals surface area contributed by atoms with E-state index in [-0.39, 0.29) is 5.16 Å². The second-order valence-corrected chi connectivity index (χ2v) is 19.4. The van der Waals surface area contributed by atoms with Crippen molar-refractivity contribution >= 4 is 59.7 Å². The summed E-state index contributed by atoms with van der Waals surface area (Å²) in [6.45, 7) is 7.33. The minimum atomic E-state index is -3.56. The first-order chi connectivity index (χ1) is 34.0. The number of pyridine rings is 2. The number of hydrogen-bond acceptors (Lipinski definition) is 14. The standard InChI is InChI=1S/C26H24N6O.C22H17N5O2S.C5H11NO/c1-17-6-8-21-23(16-17)32(24-10-13-27-26(31-24)28-19-11-14-33-15-12-19)25(30-21)22-9-7-18-4-2-3-5-20(18)29-22;1-14-7-9-17-19(13-14)27(20-11-12-23-22(26-20)30(2,28)29)21(25-17)18-10-8-15-5-3-4-6-16(15)24-18;6-5-1-3-7-4-2-5/h2-10,13,16,19H,11-12,14-15H2,1H3,(H,27,28,31);3-13H,1-2H3;5H,1-4,6H2. The van der Waals surface area contributed by atoms with Crippen LogP contribution in [-0.4, -0.2) is 102 Å². The van der Waals surface area contributed by atoms with E-state index in [1.807, 2.05) is 102 Å². The highest BCUT2D eigenvalue weighted by molar-refractivity contribution is 7.90. The van der Waals surface area contributed by atoms with Crippen molar-refractivity contribution in [2.24, 2.45) is 5.73 Å². The number of aromatic nitrogens is 10. The lowest BCUT2D eigenvalue weighted by Gasteiger charge is -2.23. The fraction of sp³-hybridized carbons (Fsp3) is 0.245. The van der Waals surface area contributed by atoms with Gasteiger partial charge < -0.3 is 20.5 Å². The van der Waals surface area contributed by atoms with Gasteiger partial charge in [0.25, 0.3) is 0 Å². The molecule has 16 nitrogen and oxygen atoms in total. The Morgan fingerprint density at radius 1 is 0.557 bits per heavy atom. The van der Waals surface area contributed by atoms with E-state index in [9.17, 15) is 8.42 Å². The lowest BCUT2D eigenvalue weighted by Crippen LogP contribution is -2.28. The van der Waals surface area contributed by atoms with Crippen molar-refractivity contribution in [2.75, 3.05) is 38.0 Å². The molecule has 354 valence electrons. The molecule has 0 bridgehead atoms. The van der Waals surface area contributed by atoms with Gasteiger partial charge in [-0.05, 0) is 111 Å². The van der Waals surface area contributed by atoms with E-state index >= 15 is 0 Å². The van der Waals surface area contributed by atoms with E-state index in [1.165, 1.54) is 6.20 Å². The molecule has 0 unspecified atom stereocenters. The van der Waals surface area contributed by atoms with E-state index in [0.717, 1.165) is 131 Å². The molecule has 10 aromatic rings. The Labute approximate surface area is 405 Å². The zero-order valence-corrected chi connectivity index (χ0v) is 39.9. The van der Waals surface area contributed by atoms with Crippen molar-refractivity contribution in [3.63, 3.8) is 0 Å². The van der Waals surface area contributed by atoms with Gasteiger partial charge in [0.15, 0.2) is 11.6 Å². The van der Waals surface area contributed by atoms with Gasteiger partial charge in [-0.25, -0.2) is 43.3 Å². The molecular weight excluding hydrogens is 901 g/mol. The van der Waals surface area contributed by atoms with Crippen LogP contribution in [0.1, 0.15) is 36.8 Å². The van der Waals surface area contributed by atoms with E-state index in [0.29, 0.717) is 35.4 Å². The first kappa shape index (κ1) is 46.2. The number of hydrogen-bond donors (Lipinski definition) is 2. The van der Waals surface area contributed by atoms with Gasteiger partial charge in [-0.3, -0.25) is 9.13 Å². The minimum absolute atomic E-state index is 0.230. The third-order valence-electron chi connectivity index (χ3n) is 12.1.